The quantitative estimate of drug-likeness (QED) is 0.805. The van der Waals surface area contributed by atoms with Crippen LogP contribution in [-0.4, -0.2) is 4.57 Å². The van der Waals surface area contributed by atoms with Gasteiger partial charge in [0.15, 0.2) is 0 Å². The fraction of sp³-hybridized carbons (Fsp3) is 0.385. The molecule has 2 rings (SSSR count). The van der Waals surface area contributed by atoms with E-state index < -0.39 is 11.4 Å². The molecule has 1 aromatic heterocycles. The molecular weight excluding hydrogens is 378 g/mol. The number of nitrogens with zero attached hydrogens (tertiary/aromatic N) is 1. The lowest BCUT2D eigenvalue weighted by molar-refractivity contribution is 0.399. The molecule has 0 atom stereocenters. The van der Waals surface area contributed by atoms with E-state index in [9.17, 15) is 9.59 Å². The van der Waals surface area contributed by atoms with Crippen molar-refractivity contribution in [1.29, 1.82) is 0 Å². The Kier molecular flexibility index (Phi) is 4.30. The molecule has 0 aliphatic carbocycles. The monoisotopic (exact) mass is 389 g/mol. The molecule has 102 valence electrons. The van der Waals surface area contributed by atoms with E-state index in [0.717, 1.165) is 10.9 Å². The summed E-state index contributed by atoms with van der Waals surface area (Å²) in [6.45, 7) is 4.69. The summed E-state index contributed by atoms with van der Waals surface area (Å²) in [6, 6.07) is 3.48. The minimum Gasteiger partial charge on any atom is -0.372 e. The van der Waals surface area contributed by atoms with Crippen molar-refractivity contribution in [3.8, 4) is 0 Å². The van der Waals surface area contributed by atoms with Gasteiger partial charge in [-0.2, -0.15) is 0 Å². The Morgan fingerprint density at radius 2 is 1.95 bits per heavy atom. The van der Waals surface area contributed by atoms with E-state index in [2.05, 4.69) is 45.7 Å². The van der Waals surface area contributed by atoms with Crippen LogP contribution >= 0.6 is 31.9 Å². The average molecular weight is 391 g/mol. The average Bonchev–Trinajstić information content (AvgIpc) is 2.29. The molecule has 0 amide bonds. The van der Waals surface area contributed by atoms with Gasteiger partial charge in [0.1, 0.15) is 0 Å². The van der Waals surface area contributed by atoms with Crippen molar-refractivity contribution in [3.05, 3.63) is 42.0 Å². The third-order valence-electron chi connectivity index (χ3n) is 2.85. The molecule has 19 heavy (non-hydrogen) atoms. The van der Waals surface area contributed by atoms with E-state index in [0.29, 0.717) is 27.8 Å². The van der Waals surface area contributed by atoms with E-state index in [1.807, 2.05) is 6.07 Å². The molecule has 0 aliphatic heterocycles. The number of hydrogen-bond acceptors (Lipinski definition) is 3. The summed E-state index contributed by atoms with van der Waals surface area (Å²) in [5.74, 6) is -0.149. The second kappa shape index (κ2) is 5.63. The predicted octanol–water partition coefficient (Wildman–Crippen LogP) is 3.53. The van der Waals surface area contributed by atoms with Crippen molar-refractivity contribution in [2.75, 3.05) is 0 Å². The van der Waals surface area contributed by atoms with E-state index in [1.165, 1.54) is 4.57 Å². The van der Waals surface area contributed by atoms with Gasteiger partial charge in [0.05, 0.1) is 10.9 Å². The Hall–Kier alpha value is -0.880. The van der Waals surface area contributed by atoms with Crippen LogP contribution in [0.1, 0.15) is 20.3 Å². The Morgan fingerprint density at radius 1 is 1.26 bits per heavy atom. The summed E-state index contributed by atoms with van der Waals surface area (Å²) < 4.78 is 7.74. The number of fused-ring (bicyclic) bond motifs is 1. The van der Waals surface area contributed by atoms with Gasteiger partial charge >= 0.3 is 11.4 Å². The van der Waals surface area contributed by atoms with Crippen molar-refractivity contribution in [2.24, 2.45) is 5.92 Å². The van der Waals surface area contributed by atoms with Gasteiger partial charge in [-0.1, -0.05) is 29.8 Å². The number of rotatable bonds is 3. The smallest absolute Gasteiger partial charge is 0.372 e. The molecule has 4 nitrogen and oxygen atoms in total. The molecular formula is C13H13Br2NO3. The van der Waals surface area contributed by atoms with Crippen LogP contribution in [0.3, 0.4) is 0 Å². The second-order valence-corrected chi connectivity index (χ2v) is 6.54. The highest BCUT2D eigenvalue weighted by atomic mass is 79.9. The van der Waals surface area contributed by atoms with Crippen LogP contribution in [-0.2, 0) is 6.54 Å². The molecule has 0 unspecified atom stereocenters. The largest absolute Gasteiger partial charge is 0.422 e. The first-order valence-electron chi connectivity index (χ1n) is 5.93. The first-order chi connectivity index (χ1) is 8.90. The molecule has 0 saturated carbocycles. The predicted molar refractivity (Wildman–Crippen MR) is 81.6 cm³/mol. The molecule has 0 spiro atoms. The van der Waals surface area contributed by atoms with Gasteiger partial charge in [0.25, 0.3) is 0 Å². The number of benzene rings is 1. The molecule has 1 aromatic carbocycles. The van der Waals surface area contributed by atoms with Gasteiger partial charge < -0.3 is 4.42 Å². The van der Waals surface area contributed by atoms with Crippen molar-refractivity contribution in [1.82, 2.24) is 4.57 Å². The standard InChI is InChI=1S/C13H13Br2NO3/c1-7(2)3-4-16-11-9(12(17)19-13(16)18)5-8(14)6-10(11)15/h5-7H,3-4H2,1-2H3. The summed E-state index contributed by atoms with van der Waals surface area (Å²) in [4.78, 5) is 23.6. The van der Waals surface area contributed by atoms with Gasteiger partial charge in [0.2, 0.25) is 0 Å². The topological polar surface area (TPSA) is 52.2 Å². The molecule has 6 heteroatoms. The lowest BCUT2D eigenvalue weighted by Crippen LogP contribution is -2.26. The van der Waals surface area contributed by atoms with Gasteiger partial charge in [0, 0.05) is 15.5 Å². The second-order valence-electron chi connectivity index (χ2n) is 4.77. The normalized spacial score (nSPS) is 11.4. The van der Waals surface area contributed by atoms with Crippen molar-refractivity contribution in [3.63, 3.8) is 0 Å². The van der Waals surface area contributed by atoms with Crippen LogP contribution in [0.2, 0.25) is 0 Å². The summed E-state index contributed by atoms with van der Waals surface area (Å²) in [5, 5.41) is 0.393. The minimum absolute atomic E-state index is 0.393. The van der Waals surface area contributed by atoms with E-state index in [4.69, 9.17) is 4.42 Å². The van der Waals surface area contributed by atoms with Crippen molar-refractivity contribution >= 4 is 42.8 Å². The van der Waals surface area contributed by atoms with Gasteiger partial charge in [-0.25, -0.2) is 9.59 Å². The molecule has 0 radical (unpaired) electrons. The lowest BCUT2D eigenvalue weighted by atomic mass is 10.1. The first-order valence-corrected chi connectivity index (χ1v) is 7.51. The number of halogens is 2. The lowest BCUT2D eigenvalue weighted by Gasteiger charge is -2.11. The Morgan fingerprint density at radius 3 is 2.58 bits per heavy atom. The molecule has 0 N–H and O–H groups in total. The van der Waals surface area contributed by atoms with Crippen LogP contribution in [0.5, 0.6) is 0 Å². The zero-order chi connectivity index (χ0) is 14.2. The van der Waals surface area contributed by atoms with Crippen LogP contribution in [0.25, 0.3) is 10.9 Å². The van der Waals surface area contributed by atoms with Crippen LogP contribution in [0.4, 0.5) is 0 Å². The summed E-state index contributed by atoms with van der Waals surface area (Å²) in [5.41, 5.74) is -0.0205. The molecule has 0 saturated heterocycles. The summed E-state index contributed by atoms with van der Waals surface area (Å²) >= 11 is 6.73. The van der Waals surface area contributed by atoms with E-state index in [1.54, 1.807) is 6.07 Å². The maximum absolute atomic E-state index is 11.9. The number of aryl methyl sites for hydroxylation is 1. The zero-order valence-corrected chi connectivity index (χ0v) is 13.7. The third-order valence-corrected chi connectivity index (χ3v) is 3.91. The highest BCUT2D eigenvalue weighted by molar-refractivity contribution is 9.11. The molecule has 1 heterocycles. The van der Waals surface area contributed by atoms with Gasteiger partial charge in [-0.05, 0) is 40.4 Å². The maximum atomic E-state index is 11.9. The Labute approximate surface area is 126 Å². The molecule has 0 fully saturated rings. The van der Waals surface area contributed by atoms with Crippen LogP contribution < -0.4 is 11.4 Å². The summed E-state index contributed by atoms with van der Waals surface area (Å²) in [7, 11) is 0. The van der Waals surface area contributed by atoms with Crippen LogP contribution in [0, 0.1) is 5.92 Å². The van der Waals surface area contributed by atoms with Gasteiger partial charge in [-0.3, -0.25) is 4.57 Å². The minimum atomic E-state index is -0.610. The highest BCUT2D eigenvalue weighted by Gasteiger charge is 2.13. The van der Waals surface area contributed by atoms with Gasteiger partial charge in [-0.15, -0.1) is 0 Å². The zero-order valence-electron chi connectivity index (χ0n) is 10.6. The SMILES string of the molecule is CC(C)CCn1c(=O)oc(=O)c2cc(Br)cc(Br)c21. The van der Waals surface area contributed by atoms with E-state index in [-0.39, 0.29) is 0 Å². The number of aromatic nitrogens is 1. The van der Waals surface area contributed by atoms with Crippen molar-refractivity contribution in [2.45, 2.75) is 26.8 Å². The first kappa shape index (κ1) is 14.5. The third kappa shape index (κ3) is 3.00. The molecule has 0 bridgehead atoms. The number of hydrogen-bond donors (Lipinski definition) is 0. The summed E-state index contributed by atoms with van der Waals surface area (Å²) in [6.07, 6.45) is 0.839. The fourth-order valence-corrected chi connectivity index (χ4v) is 3.31. The molecule has 0 aliphatic rings. The molecule has 2 aromatic rings. The fourth-order valence-electron chi connectivity index (χ4n) is 1.87. The Bertz CT molecular complexity index is 731. The van der Waals surface area contributed by atoms with E-state index >= 15 is 0 Å². The van der Waals surface area contributed by atoms with Crippen molar-refractivity contribution < 1.29 is 4.42 Å². The Balaban J connectivity index is 2.76. The highest BCUT2D eigenvalue weighted by Crippen LogP contribution is 2.26. The maximum Gasteiger partial charge on any atom is 0.422 e. The van der Waals surface area contributed by atoms with Crippen LogP contribution in [0.15, 0.2) is 35.1 Å².